The van der Waals surface area contributed by atoms with E-state index in [1.165, 1.54) is 0 Å². The van der Waals surface area contributed by atoms with Crippen molar-refractivity contribution in [3.63, 3.8) is 0 Å². The summed E-state index contributed by atoms with van der Waals surface area (Å²) in [5, 5.41) is 6.62. The van der Waals surface area contributed by atoms with Crippen LogP contribution in [-0.2, 0) is 4.79 Å². The Morgan fingerprint density at radius 2 is 2.15 bits per heavy atom. The molecule has 1 amide bonds. The zero-order chi connectivity index (χ0) is 14.5. The van der Waals surface area contributed by atoms with Crippen molar-refractivity contribution in [2.45, 2.75) is 26.8 Å². The van der Waals surface area contributed by atoms with Crippen LogP contribution in [0.5, 0.6) is 5.75 Å². The number of carbonyl (C=O) groups is 1. The molecule has 0 unspecified atom stereocenters. The molecule has 0 saturated carbocycles. The third-order valence-corrected chi connectivity index (χ3v) is 2.46. The van der Waals surface area contributed by atoms with Gasteiger partial charge in [0.05, 0.1) is 5.56 Å². The normalized spacial score (nSPS) is 10.6. The Morgan fingerprint density at radius 3 is 2.80 bits per heavy atom. The molecule has 0 spiro atoms. The first-order valence-electron chi connectivity index (χ1n) is 6.38. The number of hydrogen-bond donors (Lipinski definition) is 1. The van der Waals surface area contributed by atoms with Crippen molar-refractivity contribution in [2.75, 3.05) is 6.61 Å². The molecule has 1 aromatic carbocycles. The monoisotopic (exact) mass is 275 g/mol. The minimum absolute atomic E-state index is 0.0496. The first-order chi connectivity index (χ1) is 9.56. The standard InChI is InChI=1S/C14H17N3O3/c1-9(2)15-13(18)8-19-12-7-5-4-6-11(12)14-16-10(3)20-17-14/h4-7,9H,8H2,1-3H3,(H,15,18). The van der Waals surface area contributed by atoms with Gasteiger partial charge < -0.3 is 14.6 Å². The van der Waals surface area contributed by atoms with Crippen LogP contribution in [0.2, 0.25) is 0 Å². The zero-order valence-corrected chi connectivity index (χ0v) is 11.7. The summed E-state index contributed by atoms with van der Waals surface area (Å²) in [6, 6.07) is 7.35. The fourth-order valence-electron chi connectivity index (χ4n) is 1.69. The fourth-order valence-corrected chi connectivity index (χ4v) is 1.69. The SMILES string of the molecule is Cc1nc(-c2ccccc2OCC(=O)NC(C)C)no1. The molecule has 6 nitrogen and oxygen atoms in total. The summed E-state index contributed by atoms with van der Waals surface area (Å²) in [5.74, 6) is 1.31. The second kappa shape index (κ2) is 6.18. The number of aromatic nitrogens is 2. The number of nitrogens with zero attached hydrogens (tertiary/aromatic N) is 2. The lowest BCUT2D eigenvalue weighted by atomic mass is 10.2. The van der Waals surface area contributed by atoms with E-state index >= 15 is 0 Å². The van der Waals surface area contributed by atoms with E-state index in [0.717, 1.165) is 0 Å². The highest BCUT2D eigenvalue weighted by molar-refractivity contribution is 5.78. The van der Waals surface area contributed by atoms with E-state index in [2.05, 4.69) is 15.5 Å². The van der Waals surface area contributed by atoms with Crippen LogP contribution < -0.4 is 10.1 Å². The maximum absolute atomic E-state index is 11.6. The van der Waals surface area contributed by atoms with Crippen molar-refractivity contribution in [2.24, 2.45) is 0 Å². The largest absolute Gasteiger partial charge is 0.483 e. The van der Waals surface area contributed by atoms with Gasteiger partial charge in [-0.15, -0.1) is 0 Å². The van der Waals surface area contributed by atoms with Gasteiger partial charge in [0.15, 0.2) is 6.61 Å². The topological polar surface area (TPSA) is 77.2 Å². The number of benzene rings is 1. The van der Waals surface area contributed by atoms with Crippen molar-refractivity contribution >= 4 is 5.91 Å². The molecular formula is C14H17N3O3. The predicted molar refractivity (Wildman–Crippen MR) is 73.2 cm³/mol. The van der Waals surface area contributed by atoms with Gasteiger partial charge in [-0.25, -0.2) is 0 Å². The van der Waals surface area contributed by atoms with Crippen LogP contribution in [0.15, 0.2) is 28.8 Å². The van der Waals surface area contributed by atoms with Gasteiger partial charge in [-0.05, 0) is 26.0 Å². The van der Waals surface area contributed by atoms with Gasteiger partial charge in [-0.1, -0.05) is 17.3 Å². The van der Waals surface area contributed by atoms with E-state index in [4.69, 9.17) is 9.26 Å². The summed E-state index contributed by atoms with van der Waals surface area (Å²) in [7, 11) is 0. The molecule has 1 aromatic heterocycles. The van der Waals surface area contributed by atoms with Crippen molar-refractivity contribution in [3.05, 3.63) is 30.2 Å². The van der Waals surface area contributed by atoms with E-state index in [1.807, 2.05) is 32.0 Å². The van der Waals surface area contributed by atoms with Gasteiger partial charge in [0.2, 0.25) is 11.7 Å². The van der Waals surface area contributed by atoms with E-state index in [-0.39, 0.29) is 18.6 Å². The lowest BCUT2D eigenvalue weighted by Gasteiger charge is -2.11. The Morgan fingerprint density at radius 1 is 1.40 bits per heavy atom. The molecule has 6 heteroatoms. The van der Waals surface area contributed by atoms with Crippen molar-refractivity contribution in [3.8, 4) is 17.1 Å². The molecule has 0 aliphatic carbocycles. The van der Waals surface area contributed by atoms with E-state index < -0.39 is 0 Å². The predicted octanol–water partition coefficient (Wildman–Crippen LogP) is 1.95. The van der Waals surface area contributed by atoms with Crippen molar-refractivity contribution in [1.82, 2.24) is 15.5 Å². The lowest BCUT2D eigenvalue weighted by Crippen LogP contribution is -2.34. The molecule has 1 N–H and O–H groups in total. The lowest BCUT2D eigenvalue weighted by molar-refractivity contribution is -0.123. The first-order valence-corrected chi connectivity index (χ1v) is 6.38. The molecule has 2 aromatic rings. The Labute approximate surface area is 117 Å². The average molecular weight is 275 g/mol. The Bertz CT molecular complexity index is 593. The molecule has 0 aliphatic rings. The van der Waals surface area contributed by atoms with Crippen molar-refractivity contribution < 1.29 is 14.1 Å². The summed E-state index contributed by atoms with van der Waals surface area (Å²) >= 11 is 0. The van der Waals surface area contributed by atoms with Crippen LogP contribution in [0.3, 0.4) is 0 Å². The molecule has 0 atom stereocenters. The minimum Gasteiger partial charge on any atom is -0.483 e. The quantitative estimate of drug-likeness (QED) is 0.902. The minimum atomic E-state index is -0.168. The van der Waals surface area contributed by atoms with Crippen molar-refractivity contribution in [1.29, 1.82) is 0 Å². The van der Waals surface area contributed by atoms with Gasteiger partial charge in [0.25, 0.3) is 5.91 Å². The summed E-state index contributed by atoms with van der Waals surface area (Å²) in [5.41, 5.74) is 0.696. The smallest absolute Gasteiger partial charge is 0.258 e. The Kier molecular flexibility index (Phi) is 4.34. The third kappa shape index (κ3) is 3.57. The number of nitrogens with one attached hydrogen (secondary N) is 1. The molecule has 0 bridgehead atoms. The van der Waals surface area contributed by atoms with Crippen LogP contribution in [0.1, 0.15) is 19.7 Å². The number of ether oxygens (including phenoxy) is 1. The summed E-state index contributed by atoms with van der Waals surface area (Å²) in [6.45, 7) is 5.46. The van der Waals surface area contributed by atoms with Crippen LogP contribution in [0, 0.1) is 6.92 Å². The summed E-state index contributed by atoms with van der Waals surface area (Å²) < 4.78 is 10.5. The van der Waals surface area contributed by atoms with Gasteiger partial charge in [0.1, 0.15) is 5.75 Å². The van der Waals surface area contributed by atoms with Gasteiger partial charge in [0, 0.05) is 13.0 Å². The number of hydrogen-bond acceptors (Lipinski definition) is 5. The van der Waals surface area contributed by atoms with Crippen LogP contribution in [0.4, 0.5) is 0 Å². The second-order valence-corrected chi connectivity index (χ2v) is 4.64. The maximum Gasteiger partial charge on any atom is 0.258 e. The molecule has 0 saturated heterocycles. The zero-order valence-electron chi connectivity index (χ0n) is 11.7. The molecular weight excluding hydrogens is 258 g/mol. The number of aryl methyl sites for hydroxylation is 1. The van der Waals surface area contributed by atoms with Gasteiger partial charge in [-0.2, -0.15) is 4.98 Å². The van der Waals surface area contributed by atoms with Crippen LogP contribution in [-0.4, -0.2) is 28.7 Å². The number of carbonyl (C=O) groups excluding carboxylic acids is 1. The average Bonchev–Trinajstić information content (AvgIpc) is 2.82. The van der Waals surface area contributed by atoms with Crippen LogP contribution >= 0.6 is 0 Å². The molecule has 0 radical (unpaired) electrons. The van der Waals surface area contributed by atoms with E-state index in [9.17, 15) is 4.79 Å². The second-order valence-electron chi connectivity index (χ2n) is 4.64. The molecule has 0 aliphatic heterocycles. The summed E-state index contributed by atoms with van der Waals surface area (Å²) in [4.78, 5) is 15.8. The van der Waals surface area contributed by atoms with E-state index in [1.54, 1.807) is 13.0 Å². The van der Waals surface area contributed by atoms with E-state index in [0.29, 0.717) is 23.0 Å². The third-order valence-electron chi connectivity index (χ3n) is 2.46. The maximum atomic E-state index is 11.6. The number of para-hydroxylation sites is 1. The molecule has 2 rings (SSSR count). The van der Waals surface area contributed by atoms with Gasteiger partial charge >= 0.3 is 0 Å². The highest BCUT2D eigenvalue weighted by atomic mass is 16.5. The van der Waals surface area contributed by atoms with Crippen LogP contribution in [0.25, 0.3) is 11.4 Å². The number of rotatable bonds is 5. The Hall–Kier alpha value is -2.37. The molecule has 20 heavy (non-hydrogen) atoms. The fraction of sp³-hybridized carbons (Fsp3) is 0.357. The highest BCUT2D eigenvalue weighted by Crippen LogP contribution is 2.27. The number of amides is 1. The molecule has 1 heterocycles. The molecule has 106 valence electrons. The molecule has 0 fully saturated rings. The Balaban J connectivity index is 2.11. The summed E-state index contributed by atoms with van der Waals surface area (Å²) in [6.07, 6.45) is 0. The highest BCUT2D eigenvalue weighted by Gasteiger charge is 2.13. The first kappa shape index (κ1) is 14.0. The van der Waals surface area contributed by atoms with Gasteiger partial charge in [-0.3, -0.25) is 4.79 Å².